The molecule has 2 aliphatic heterocycles. The molecule has 8 heteroatoms. The van der Waals surface area contributed by atoms with Crippen molar-refractivity contribution in [1.82, 2.24) is 19.9 Å². The molecule has 182 valence electrons. The number of hydrogen-bond acceptors (Lipinski definition) is 7. The Kier molecular flexibility index (Phi) is 6.90. The number of rotatable bonds is 9. The Hall–Kier alpha value is -3.52. The number of pyridine rings is 1. The second kappa shape index (κ2) is 10.4. The van der Waals surface area contributed by atoms with Crippen LogP contribution in [-0.4, -0.2) is 45.5 Å². The van der Waals surface area contributed by atoms with Gasteiger partial charge in [-0.15, -0.1) is 0 Å². The van der Waals surface area contributed by atoms with Crippen molar-refractivity contribution in [2.75, 3.05) is 30.3 Å². The van der Waals surface area contributed by atoms with Crippen LogP contribution in [0, 0.1) is 0 Å². The summed E-state index contributed by atoms with van der Waals surface area (Å²) in [4.78, 5) is 30.3. The van der Waals surface area contributed by atoms with Gasteiger partial charge in [-0.3, -0.25) is 19.6 Å². The first-order valence-electron chi connectivity index (χ1n) is 12.5. The molecule has 5 rings (SSSR count). The summed E-state index contributed by atoms with van der Waals surface area (Å²) in [6.45, 7) is 6.36. The number of nitrogens with two attached hydrogens (primary N) is 1. The first-order valence-corrected chi connectivity index (χ1v) is 12.5. The lowest BCUT2D eigenvalue weighted by Gasteiger charge is -2.17. The second-order valence-corrected chi connectivity index (χ2v) is 9.28. The third-order valence-corrected chi connectivity index (χ3v) is 6.63. The molecule has 1 amide bonds. The topological polar surface area (TPSA) is 97.5 Å². The Morgan fingerprint density at radius 3 is 2.49 bits per heavy atom. The highest BCUT2D eigenvalue weighted by Crippen LogP contribution is 2.33. The molecule has 4 heterocycles. The summed E-state index contributed by atoms with van der Waals surface area (Å²) in [5.41, 5.74) is 11.0. The van der Waals surface area contributed by atoms with Gasteiger partial charge in [-0.2, -0.15) is 9.97 Å². The molecule has 0 bridgehead atoms. The van der Waals surface area contributed by atoms with Crippen molar-refractivity contribution < 1.29 is 9.53 Å². The van der Waals surface area contributed by atoms with Crippen LogP contribution < -0.4 is 15.4 Å². The van der Waals surface area contributed by atoms with E-state index < -0.39 is 0 Å². The Bertz CT molecular complexity index is 1170. The number of fused-ring (bicyclic) bond motifs is 1. The molecule has 0 unspecified atom stereocenters. The van der Waals surface area contributed by atoms with Gasteiger partial charge in [-0.1, -0.05) is 43.7 Å². The third-order valence-electron chi connectivity index (χ3n) is 6.63. The molecule has 0 radical (unpaired) electrons. The zero-order valence-electron chi connectivity index (χ0n) is 20.2. The molecule has 1 saturated heterocycles. The van der Waals surface area contributed by atoms with E-state index >= 15 is 0 Å². The number of ether oxygens (including phenoxy) is 1. The molecule has 0 aliphatic carbocycles. The van der Waals surface area contributed by atoms with Gasteiger partial charge in [-0.05, 0) is 49.5 Å². The number of aromatic nitrogens is 3. The Morgan fingerprint density at radius 1 is 1.00 bits per heavy atom. The second-order valence-electron chi connectivity index (χ2n) is 9.28. The molecule has 0 atom stereocenters. The predicted octanol–water partition coefficient (Wildman–Crippen LogP) is 3.98. The molecule has 0 spiro atoms. The molecule has 35 heavy (non-hydrogen) atoms. The van der Waals surface area contributed by atoms with Gasteiger partial charge in [-0.25, -0.2) is 0 Å². The standard InChI is InChI=1S/C27H32N6O2/c1-2-3-14-35-27-30-25(28)22-15-24(34)33(26(22)31-27)18-19-6-9-21(10-7-19)23-11-8-20(16-29-23)17-32-12-4-5-13-32/h6-11,16H,2-5,12-15,17-18H2,1H3,(H2,28,30,31). The third kappa shape index (κ3) is 5.27. The molecule has 3 aromatic rings. The number of likely N-dealkylation sites (tertiary alicyclic amines) is 1. The van der Waals surface area contributed by atoms with Gasteiger partial charge in [0.15, 0.2) is 0 Å². The summed E-state index contributed by atoms with van der Waals surface area (Å²) in [6, 6.07) is 12.6. The number of carbonyl (C=O) groups excluding carboxylic acids is 1. The van der Waals surface area contributed by atoms with Crippen LogP contribution in [-0.2, 0) is 24.3 Å². The molecule has 0 saturated carbocycles. The molecular formula is C27H32N6O2. The molecule has 2 N–H and O–H groups in total. The quantitative estimate of drug-likeness (QED) is 0.470. The highest BCUT2D eigenvalue weighted by atomic mass is 16.5. The van der Waals surface area contributed by atoms with Crippen molar-refractivity contribution in [3.05, 3.63) is 59.3 Å². The summed E-state index contributed by atoms with van der Waals surface area (Å²) in [5.74, 6) is 0.825. The first kappa shape index (κ1) is 23.2. The van der Waals surface area contributed by atoms with Gasteiger partial charge in [0.05, 0.1) is 25.3 Å². The van der Waals surface area contributed by atoms with E-state index in [0.29, 0.717) is 30.4 Å². The summed E-state index contributed by atoms with van der Waals surface area (Å²) in [7, 11) is 0. The van der Waals surface area contributed by atoms with E-state index in [1.54, 1.807) is 4.90 Å². The fraction of sp³-hybridized carbons (Fsp3) is 0.407. The van der Waals surface area contributed by atoms with Gasteiger partial charge in [0.2, 0.25) is 5.91 Å². The van der Waals surface area contributed by atoms with Gasteiger partial charge in [0, 0.05) is 23.9 Å². The van der Waals surface area contributed by atoms with Crippen LogP contribution in [0.2, 0.25) is 0 Å². The maximum absolute atomic E-state index is 12.8. The van der Waals surface area contributed by atoms with Crippen molar-refractivity contribution >= 4 is 17.5 Å². The first-order chi connectivity index (χ1) is 17.1. The van der Waals surface area contributed by atoms with Crippen LogP contribution in [0.15, 0.2) is 42.6 Å². The minimum absolute atomic E-state index is 0.0361. The molecule has 2 aliphatic rings. The van der Waals surface area contributed by atoms with E-state index in [9.17, 15) is 4.79 Å². The van der Waals surface area contributed by atoms with E-state index in [1.807, 2.05) is 30.5 Å². The smallest absolute Gasteiger partial charge is 0.320 e. The number of nitrogens with zero attached hydrogens (tertiary/aromatic N) is 5. The van der Waals surface area contributed by atoms with Gasteiger partial charge in [0.1, 0.15) is 11.6 Å². The molecular weight excluding hydrogens is 440 g/mol. The molecule has 1 aromatic carbocycles. The predicted molar refractivity (Wildman–Crippen MR) is 136 cm³/mol. The van der Waals surface area contributed by atoms with Crippen molar-refractivity contribution in [1.29, 1.82) is 0 Å². The number of unbranched alkanes of at least 4 members (excludes halogenated alkanes) is 1. The number of hydrogen-bond donors (Lipinski definition) is 1. The van der Waals surface area contributed by atoms with E-state index in [1.165, 1.54) is 31.5 Å². The highest BCUT2D eigenvalue weighted by molar-refractivity contribution is 6.01. The summed E-state index contributed by atoms with van der Waals surface area (Å²) in [5, 5.41) is 0. The molecule has 2 aromatic heterocycles. The van der Waals surface area contributed by atoms with E-state index in [2.05, 4.69) is 38.9 Å². The van der Waals surface area contributed by atoms with Crippen molar-refractivity contribution in [2.45, 2.75) is 52.1 Å². The number of carbonyl (C=O) groups is 1. The number of nitrogen functional groups attached to an aromatic ring is 1. The van der Waals surface area contributed by atoms with E-state index in [-0.39, 0.29) is 18.3 Å². The van der Waals surface area contributed by atoms with Crippen LogP contribution in [0.1, 0.15) is 49.3 Å². The zero-order valence-corrected chi connectivity index (χ0v) is 20.2. The minimum atomic E-state index is -0.0361. The molecule has 8 nitrogen and oxygen atoms in total. The maximum atomic E-state index is 12.8. The zero-order chi connectivity index (χ0) is 24.2. The van der Waals surface area contributed by atoms with E-state index in [4.69, 9.17) is 10.5 Å². The van der Waals surface area contributed by atoms with Crippen LogP contribution in [0.5, 0.6) is 6.01 Å². The van der Waals surface area contributed by atoms with Gasteiger partial charge in [0.25, 0.3) is 0 Å². The van der Waals surface area contributed by atoms with Crippen molar-refractivity contribution in [2.24, 2.45) is 0 Å². The van der Waals surface area contributed by atoms with E-state index in [0.717, 1.165) is 36.2 Å². The fourth-order valence-electron chi connectivity index (χ4n) is 4.61. The normalized spacial score (nSPS) is 15.6. The van der Waals surface area contributed by atoms with Crippen LogP contribution in [0.3, 0.4) is 0 Å². The highest BCUT2D eigenvalue weighted by Gasteiger charge is 2.32. The fourth-order valence-corrected chi connectivity index (χ4v) is 4.61. The maximum Gasteiger partial charge on any atom is 0.320 e. The summed E-state index contributed by atoms with van der Waals surface area (Å²) < 4.78 is 5.65. The largest absolute Gasteiger partial charge is 0.463 e. The van der Waals surface area contributed by atoms with Gasteiger partial charge >= 0.3 is 6.01 Å². The van der Waals surface area contributed by atoms with Crippen molar-refractivity contribution in [3.8, 4) is 17.3 Å². The number of benzene rings is 1. The Morgan fingerprint density at radius 2 is 1.77 bits per heavy atom. The van der Waals surface area contributed by atoms with Crippen LogP contribution in [0.25, 0.3) is 11.3 Å². The Labute approximate surface area is 206 Å². The molecule has 1 fully saturated rings. The monoisotopic (exact) mass is 472 g/mol. The lowest BCUT2D eigenvalue weighted by Crippen LogP contribution is -2.26. The summed E-state index contributed by atoms with van der Waals surface area (Å²) in [6.07, 6.45) is 6.69. The average Bonchev–Trinajstić information content (AvgIpc) is 3.49. The van der Waals surface area contributed by atoms with Crippen LogP contribution >= 0.6 is 0 Å². The van der Waals surface area contributed by atoms with Gasteiger partial charge < -0.3 is 10.5 Å². The SMILES string of the molecule is CCCCOc1nc(N)c2c(n1)N(Cc1ccc(-c3ccc(CN4CCCC4)cn3)cc1)C(=O)C2. The number of anilines is 2. The Balaban J connectivity index is 1.27. The lowest BCUT2D eigenvalue weighted by molar-refractivity contribution is -0.117. The minimum Gasteiger partial charge on any atom is -0.463 e. The summed E-state index contributed by atoms with van der Waals surface area (Å²) >= 11 is 0. The lowest BCUT2D eigenvalue weighted by atomic mass is 10.1. The average molecular weight is 473 g/mol. The van der Waals surface area contributed by atoms with Crippen LogP contribution in [0.4, 0.5) is 11.6 Å². The number of amides is 1. The van der Waals surface area contributed by atoms with Crippen molar-refractivity contribution in [3.63, 3.8) is 0 Å².